The molecule has 0 radical (unpaired) electrons. The molecule has 3 atom stereocenters. The molecule has 31 heavy (non-hydrogen) atoms. The van der Waals surface area contributed by atoms with Crippen LogP contribution in [0.2, 0.25) is 0 Å². The zero-order valence-electron chi connectivity index (χ0n) is 18.5. The van der Waals surface area contributed by atoms with Gasteiger partial charge in [-0.2, -0.15) is 0 Å². The maximum atomic E-state index is 10.7. The fraction of sp³-hybridized carbons (Fsp3) is 0.520. The lowest BCUT2D eigenvalue weighted by molar-refractivity contribution is -0.0279. The van der Waals surface area contributed by atoms with Crippen molar-refractivity contribution in [2.45, 2.75) is 37.5 Å². The Kier molecular flexibility index (Phi) is 7.45. The standard InChI is InChI=1S/C25H33NO5/c1-28-23-13-19-10-11-26(15-20(27)16-30-17-21-9-6-12-31-21)25(18-7-4-3-5-8-18)22(19)14-24(23)29-2/h3-5,7-8,13-14,20-21,25,27H,6,9-12,15-17H2,1-2H3/t20-,21-,25+/m1/s1. The van der Waals surface area contributed by atoms with Crippen molar-refractivity contribution in [3.8, 4) is 11.5 Å². The second-order valence-electron chi connectivity index (χ2n) is 8.29. The summed E-state index contributed by atoms with van der Waals surface area (Å²) in [5.74, 6) is 1.48. The number of ether oxygens (including phenoxy) is 4. The molecular weight excluding hydrogens is 394 g/mol. The van der Waals surface area contributed by atoms with Gasteiger partial charge in [0.25, 0.3) is 0 Å². The van der Waals surface area contributed by atoms with Gasteiger partial charge in [0.2, 0.25) is 0 Å². The molecule has 6 nitrogen and oxygen atoms in total. The maximum absolute atomic E-state index is 10.7. The van der Waals surface area contributed by atoms with Gasteiger partial charge in [0.15, 0.2) is 11.5 Å². The summed E-state index contributed by atoms with van der Waals surface area (Å²) in [5.41, 5.74) is 3.65. The van der Waals surface area contributed by atoms with E-state index < -0.39 is 6.10 Å². The van der Waals surface area contributed by atoms with Crippen LogP contribution in [0.1, 0.15) is 35.6 Å². The molecule has 4 rings (SSSR count). The number of benzene rings is 2. The van der Waals surface area contributed by atoms with Crippen molar-refractivity contribution in [2.24, 2.45) is 0 Å². The maximum Gasteiger partial charge on any atom is 0.161 e. The van der Waals surface area contributed by atoms with Crippen molar-refractivity contribution >= 4 is 0 Å². The van der Waals surface area contributed by atoms with E-state index in [4.69, 9.17) is 18.9 Å². The van der Waals surface area contributed by atoms with Crippen LogP contribution < -0.4 is 9.47 Å². The predicted molar refractivity (Wildman–Crippen MR) is 119 cm³/mol. The van der Waals surface area contributed by atoms with Crippen LogP contribution in [0.15, 0.2) is 42.5 Å². The van der Waals surface area contributed by atoms with Crippen LogP contribution in [0, 0.1) is 0 Å². The van der Waals surface area contributed by atoms with Crippen LogP contribution in [0.25, 0.3) is 0 Å². The Morgan fingerprint density at radius 1 is 1.13 bits per heavy atom. The smallest absolute Gasteiger partial charge is 0.161 e. The van der Waals surface area contributed by atoms with Crippen molar-refractivity contribution < 1.29 is 24.1 Å². The molecule has 0 aromatic heterocycles. The summed E-state index contributed by atoms with van der Waals surface area (Å²) in [7, 11) is 3.33. The Bertz CT molecular complexity index is 837. The van der Waals surface area contributed by atoms with E-state index in [-0.39, 0.29) is 12.1 Å². The number of aliphatic hydroxyl groups is 1. The molecule has 2 aromatic carbocycles. The van der Waals surface area contributed by atoms with E-state index in [2.05, 4.69) is 41.3 Å². The lowest BCUT2D eigenvalue weighted by Gasteiger charge is -2.39. The fourth-order valence-corrected chi connectivity index (χ4v) is 4.65. The minimum Gasteiger partial charge on any atom is -0.493 e. The third-order valence-corrected chi connectivity index (χ3v) is 6.17. The molecule has 0 aliphatic carbocycles. The molecule has 1 N–H and O–H groups in total. The average molecular weight is 428 g/mol. The predicted octanol–water partition coefficient (Wildman–Crippen LogP) is 3.21. The Morgan fingerprint density at radius 2 is 1.90 bits per heavy atom. The molecule has 2 aliphatic heterocycles. The largest absolute Gasteiger partial charge is 0.493 e. The molecule has 0 saturated carbocycles. The number of fused-ring (bicyclic) bond motifs is 1. The molecule has 0 unspecified atom stereocenters. The summed E-state index contributed by atoms with van der Waals surface area (Å²) in [6.45, 7) is 3.08. The van der Waals surface area contributed by atoms with Gasteiger partial charge in [-0.3, -0.25) is 4.90 Å². The monoisotopic (exact) mass is 427 g/mol. The van der Waals surface area contributed by atoms with Crippen molar-refractivity contribution in [3.05, 3.63) is 59.2 Å². The number of rotatable bonds is 9. The minimum absolute atomic E-state index is 0.0394. The summed E-state index contributed by atoms with van der Waals surface area (Å²) in [6, 6.07) is 14.6. The van der Waals surface area contributed by atoms with Crippen LogP contribution in [0.4, 0.5) is 0 Å². The van der Waals surface area contributed by atoms with Crippen LogP contribution in [0.5, 0.6) is 11.5 Å². The number of β-amino-alcohol motifs (C(OH)–C–C–N with tert-alkyl or cyclic N) is 1. The lowest BCUT2D eigenvalue weighted by Crippen LogP contribution is -2.42. The molecule has 6 heteroatoms. The Labute approximate surface area is 184 Å². The molecule has 0 bridgehead atoms. The van der Waals surface area contributed by atoms with Gasteiger partial charge in [-0.05, 0) is 48.1 Å². The first-order chi connectivity index (χ1) is 15.2. The molecular formula is C25H33NO5. The topological polar surface area (TPSA) is 60.4 Å². The first kappa shape index (κ1) is 22.1. The van der Waals surface area contributed by atoms with Crippen molar-refractivity contribution in [1.82, 2.24) is 4.90 Å². The van der Waals surface area contributed by atoms with Gasteiger partial charge in [-0.25, -0.2) is 0 Å². The molecule has 2 aromatic rings. The number of aliphatic hydroxyl groups excluding tert-OH is 1. The summed E-state index contributed by atoms with van der Waals surface area (Å²) >= 11 is 0. The Hall–Kier alpha value is -2.12. The zero-order valence-corrected chi connectivity index (χ0v) is 18.5. The number of nitrogens with zero attached hydrogens (tertiary/aromatic N) is 1. The molecule has 0 spiro atoms. The van der Waals surface area contributed by atoms with Crippen LogP contribution >= 0.6 is 0 Å². The van der Waals surface area contributed by atoms with E-state index in [0.29, 0.717) is 19.8 Å². The number of hydrogen-bond acceptors (Lipinski definition) is 6. The average Bonchev–Trinajstić information content (AvgIpc) is 3.32. The van der Waals surface area contributed by atoms with Gasteiger partial charge in [0.05, 0.1) is 45.7 Å². The van der Waals surface area contributed by atoms with Crippen LogP contribution in [-0.4, -0.2) is 69.3 Å². The minimum atomic E-state index is -0.561. The van der Waals surface area contributed by atoms with E-state index in [1.165, 1.54) is 16.7 Å². The molecule has 2 heterocycles. The summed E-state index contributed by atoms with van der Waals surface area (Å²) < 4.78 is 22.5. The van der Waals surface area contributed by atoms with Gasteiger partial charge < -0.3 is 24.1 Å². The quantitative estimate of drug-likeness (QED) is 0.663. The van der Waals surface area contributed by atoms with E-state index in [1.807, 2.05) is 6.07 Å². The first-order valence-corrected chi connectivity index (χ1v) is 11.1. The van der Waals surface area contributed by atoms with E-state index in [9.17, 15) is 5.11 Å². The first-order valence-electron chi connectivity index (χ1n) is 11.1. The number of methoxy groups -OCH3 is 2. The zero-order chi connectivity index (χ0) is 21.6. The Morgan fingerprint density at radius 3 is 2.61 bits per heavy atom. The van der Waals surface area contributed by atoms with Gasteiger partial charge in [-0.15, -0.1) is 0 Å². The SMILES string of the molecule is COc1cc2c(cc1OC)[C@H](c1ccccc1)N(C[C@@H](O)COC[C@H]1CCCO1)CC2. The van der Waals surface area contributed by atoms with E-state index in [0.717, 1.165) is 43.9 Å². The van der Waals surface area contributed by atoms with Crippen molar-refractivity contribution in [3.63, 3.8) is 0 Å². The lowest BCUT2D eigenvalue weighted by atomic mass is 9.87. The second-order valence-corrected chi connectivity index (χ2v) is 8.29. The highest BCUT2D eigenvalue weighted by atomic mass is 16.5. The summed E-state index contributed by atoms with van der Waals surface area (Å²) in [5, 5.41) is 10.7. The van der Waals surface area contributed by atoms with Gasteiger partial charge in [-0.1, -0.05) is 30.3 Å². The highest BCUT2D eigenvalue weighted by Gasteiger charge is 2.31. The summed E-state index contributed by atoms with van der Waals surface area (Å²) in [6.07, 6.45) is 2.64. The third kappa shape index (κ3) is 5.21. The number of hydrogen-bond donors (Lipinski definition) is 1. The normalized spacial score (nSPS) is 22.2. The Balaban J connectivity index is 1.52. The molecule has 1 fully saturated rings. The van der Waals surface area contributed by atoms with Crippen molar-refractivity contribution in [1.29, 1.82) is 0 Å². The molecule has 0 amide bonds. The molecule has 2 aliphatic rings. The third-order valence-electron chi connectivity index (χ3n) is 6.17. The summed E-state index contributed by atoms with van der Waals surface area (Å²) in [4.78, 5) is 2.34. The van der Waals surface area contributed by atoms with E-state index in [1.54, 1.807) is 14.2 Å². The fourth-order valence-electron chi connectivity index (χ4n) is 4.65. The van der Waals surface area contributed by atoms with Gasteiger partial charge >= 0.3 is 0 Å². The second kappa shape index (κ2) is 10.5. The highest BCUT2D eigenvalue weighted by Crippen LogP contribution is 2.41. The van der Waals surface area contributed by atoms with Crippen LogP contribution in [0.3, 0.4) is 0 Å². The van der Waals surface area contributed by atoms with Crippen LogP contribution in [-0.2, 0) is 15.9 Å². The van der Waals surface area contributed by atoms with Gasteiger partial charge in [0.1, 0.15) is 0 Å². The van der Waals surface area contributed by atoms with E-state index >= 15 is 0 Å². The highest BCUT2D eigenvalue weighted by molar-refractivity contribution is 5.51. The van der Waals surface area contributed by atoms with Gasteiger partial charge in [0, 0.05) is 19.7 Å². The van der Waals surface area contributed by atoms with Crippen molar-refractivity contribution in [2.75, 3.05) is 47.1 Å². The molecule has 1 saturated heterocycles. The molecule has 168 valence electrons.